The number of ether oxygens (including phenoxy) is 1. The summed E-state index contributed by atoms with van der Waals surface area (Å²) < 4.78 is 6.66. The van der Waals surface area contributed by atoms with Gasteiger partial charge in [-0.05, 0) is 53.9 Å². The molecule has 0 aliphatic heterocycles. The maximum atomic E-state index is 13.5. The van der Waals surface area contributed by atoms with Crippen molar-refractivity contribution >= 4 is 50.9 Å². The van der Waals surface area contributed by atoms with Crippen LogP contribution in [0.1, 0.15) is 24.5 Å². The second-order valence-corrected chi connectivity index (χ2v) is 9.76. The van der Waals surface area contributed by atoms with Crippen molar-refractivity contribution < 1.29 is 14.3 Å². The predicted molar refractivity (Wildman–Crippen MR) is 144 cm³/mol. The van der Waals surface area contributed by atoms with Crippen LogP contribution >= 0.6 is 39.1 Å². The zero-order valence-corrected chi connectivity index (χ0v) is 22.4. The molecule has 0 unspecified atom stereocenters. The molecule has 5 nitrogen and oxygen atoms in total. The maximum Gasteiger partial charge on any atom is 0.261 e. The molecule has 0 aliphatic carbocycles. The second-order valence-electron chi connectivity index (χ2n) is 8.00. The van der Waals surface area contributed by atoms with E-state index in [0.717, 1.165) is 16.5 Å². The van der Waals surface area contributed by atoms with E-state index in [2.05, 4.69) is 21.2 Å². The smallest absolute Gasteiger partial charge is 0.261 e. The molecule has 184 valence electrons. The summed E-state index contributed by atoms with van der Waals surface area (Å²) in [7, 11) is 0. The van der Waals surface area contributed by atoms with Crippen molar-refractivity contribution in [2.24, 2.45) is 0 Å². The predicted octanol–water partition coefficient (Wildman–Crippen LogP) is 6.30. The van der Waals surface area contributed by atoms with E-state index >= 15 is 0 Å². The number of amides is 2. The molecule has 1 atom stereocenters. The molecule has 3 aromatic carbocycles. The van der Waals surface area contributed by atoms with Gasteiger partial charge in [0, 0.05) is 34.0 Å². The van der Waals surface area contributed by atoms with Gasteiger partial charge >= 0.3 is 0 Å². The Morgan fingerprint density at radius 1 is 1.03 bits per heavy atom. The number of hydrogen-bond donors (Lipinski definition) is 1. The lowest BCUT2D eigenvalue weighted by atomic mass is 10.0. The third kappa shape index (κ3) is 8.27. The molecule has 0 heterocycles. The first-order valence-electron chi connectivity index (χ1n) is 11.3. The minimum Gasteiger partial charge on any atom is -0.484 e. The highest BCUT2D eigenvalue weighted by Gasteiger charge is 2.31. The fraction of sp³-hybridized carbons (Fsp3) is 0.259. The molecule has 8 heteroatoms. The lowest BCUT2D eigenvalue weighted by Crippen LogP contribution is -2.51. The van der Waals surface area contributed by atoms with Crippen LogP contribution in [0.2, 0.25) is 10.0 Å². The minimum atomic E-state index is -0.753. The van der Waals surface area contributed by atoms with E-state index in [1.807, 2.05) is 49.4 Å². The molecular weight excluding hydrogens is 551 g/mol. The molecular formula is C27H27BrCl2N2O3. The van der Waals surface area contributed by atoms with Gasteiger partial charge in [0.2, 0.25) is 5.91 Å². The molecule has 0 radical (unpaired) electrons. The van der Waals surface area contributed by atoms with Crippen molar-refractivity contribution in [2.75, 3.05) is 13.2 Å². The van der Waals surface area contributed by atoms with Crippen LogP contribution in [0.4, 0.5) is 0 Å². The van der Waals surface area contributed by atoms with E-state index in [1.54, 1.807) is 30.3 Å². The van der Waals surface area contributed by atoms with Crippen LogP contribution < -0.4 is 10.1 Å². The first kappa shape index (κ1) is 27.1. The molecule has 2 amide bonds. The fourth-order valence-corrected chi connectivity index (χ4v) is 4.24. The lowest BCUT2D eigenvalue weighted by molar-refractivity contribution is -0.142. The van der Waals surface area contributed by atoms with Crippen LogP contribution in [0, 0.1) is 0 Å². The Kier molecular flexibility index (Phi) is 10.5. The number of halogens is 3. The van der Waals surface area contributed by atoms with Crippen LogP contribution in [0.25, 0.3) is 0 Å². The van der Waals surface area contributed by atoms with E-state index in [9.17, 15) is 9.59 Å². The molecule has 0 fully saturated rings. The highest BCUT2D eigenvalue weighted by molar-refractivity contribution is 9.10. The van der Waals surface area contributed by atoms with Crippen LogP contribution in [0.15, 0.2) is 77.3 Å². The van der Waals surface area contributed by atoms with E-state index in [0.29, 0.717) is 34.3 Å². The number of nitrogens with one attached hydrogen (secondary N) is 1. The number of benzene rings is 3. The molecule has 3 aromatic rings. The number of carbonyl (C=O) groups excluding carboxylic acids is 2. The van der Waals surface area contributed by atoms with Gasteiger partial charge in [-0.2, -0.15) is 0 Å². The fourth-order valence-electron chi connectivity index (χ4n) is 3.51. The highest BCUT2D eigenvalue weighted by Crippen LogP contribution is 2.24. The van der Waals surface area contributed by atoms with Crippen molar-refractivity contribution in [3.8, 4) is 5.75 Å². The Balaban J connectivity index is 1.91. The lowest BCUT2D eigenvalue weighted by Gasteiger charge is -2.31. The van der Waals surface area contributed by atoms with Gasteiger partial charge in [0.1, 0.15) is 11.8 Å². The van der Waals surface area contributed by atoms with Crippen molar-refractivity contribution in [3.63, 3.8) is 0 Å². The monoisotopic (exact) mass is 576 g/mol. The van der Waals surface area contributed by atoms with Gasteiger partial charge < -0.3 is 15.0 Å². The van der Waals surface area contributed by atoms with Crippen molar-refractivity contribution in [2.45, 2.75) is 32.4 Å². The number of carbonyl (C=O) groups is 2. The Morgan fingerprint density at radius 2 is 1.74 bits per heavy atom. The average molecular weight is 578 g/mol. The Labute approximate surface area is 224 Å². The zero-order chi connectivity index (χ0) is 25.2. The van der Waals surface area contributed by atoms with Crippen LogP contribution in [-0.2, 0) is 22.6 Å². The SMILES string of the molecule is CCCNC(=O)[C@@H](Cc1ccccc1)N(Cc1ccc(Cl)cc1Cl)C(=O)COc1ccc(Br)cc1. The zero-order valence-electron chi connectivity index (χ0n) is 19.3. The highest BCUT2D eigenvalue weighted by atomic mass is 79.9. The van der Waals surface area contributed by atoms with Crippen LogP contribution in [-0.4, -0.2) is 35.9 Å². The molecule has 0 aromatic heterocycles. The van der Waals surface area contributed by atoms with Crippen molar-refractivity contribution in [3.05, 3.63) is 98.4 Å². The summed E-state index contributed by atoms with van der Waals surface area (Å²) in [6.07, 6.45) is 1.14. The molecule has 0 bridgehead atoms. The number of nitrogens with zero attached hydrogens (tertiary/aromatic N) is 1. The first-order chi connectivity index (χ1) is 16.9. The van der Waals surface area contributed by atoms with E-state index in [4.69, 9.17) is 27.9 Å². The van der Waals surface area contributed by atoms with E-state index in [1.165, 1.54) is 4.90 Å². The summed E-state index contributed by atoms with van der Waals surface area (Å²) in [5, 5.41) is 3.87. The molecule has 3 rings (SSSR count). The van der Waals surface area contributed by atoms with Gasteiger partial charge in [-0.25, -0.2) is 0 Å². The number of hydrogen-bond acceptors (Lipinski definition) is 3. The largest absolute Gasteiger partial charge is 0.484 e. The Morgan fingerprint density at radius 3 is 2.40 bits per heavy atom. The molecule has 35 heavy (non-hydrogen) atoms. The summed E-state index contributed by atoms with van der Waals surface area (Å²) in [5.41, 5.74) is 1.63. The molecule has 0 aliphatic rings. The Hall–Kier alpha value is -2.54. The summed E-state index contributed by atoms with van der Waals surface area (Å²) >= 11 is 15.9. The summed E-state index contributed by atoms with van der Waals surface area (Å²) in [4.78, 5) is 28.3. The molecule has 0 spiro atoms. The minimum absolute atomic E-state index is 0.135. The summed E-state index contributed by atoms with van der Waals surface area (Å²) in [6.45, 7) is 2.41. The third-order valence-corrected chi connectivity index (χ3v) is 6.47. The van der Waals surface area contributed by atoms with Gasteiger partial charge in [0.15, 0.2) is 6.61 Å². The average Bonchev–Trinajstić information content (AvgIpc) is 2.86. The third-order valence-electron chi connectivity index (χ3n) is 5.35. The molecule has 1 N–H and O–H groups in total. The second kappa shape index (κ2) is 13.5. The topological polar surface area (TPSA) is 58.6 Å². The van der Waals surface area contributed by atoms with Crippen LogP contribution in [0.5, 0.6) is 5.75 Å². The van der Waals surface area contributed by atoms with Gasteiger partial charge in [-0.1, -0.05) is 82.5 Å². The summed E-state index contributed by atoms with van der Waals surface area (Å²) in [5.74, 6) is 0.00497. The van der Waals surface area contributed by atoms with E-state index < -0.39 is 6.04 Å². The number of rotatable bonds is 11. The van der Waals surface area contributed by atoms with E-state index in [-0.39, 0.29) is 25.0 Å². The van der Waals surface area contributed by atoms with Crippen molar-refractivity contribution in [1.82, 2.24) is 10.2 Å². The summed E-state index contributed by atoms with van der Waals surface area (Å²) in [6, 6.07) is 21.2. The first-order valence-corrected chi connectivity index (χ1v) is 12.9. The molecule has 0 saturated heterocycles. The van der Waals surface area contributed by atoms with Gasteiger partial charge in [-0.3, -0.25) is 9.59 Å². The normalized spacial score (nSPS) is 11.5. The molecule has 0 saturated carbocycles. The van der Waals surface area contributed by atoms with Crippen LogP contribution in [0.3, 0.4) is 0 Å². The maximum absolute atomic E-state index is 13.5. The quantitative estimate of drug-likeness (QED) is 0.291. The van der Waals surface area contributed by atoms with Gasteiger partial charge in [-0.15, -0.1) is 0 Å². The van der Waals surface area contributed by atoms with Crippen molar-refractivity contribution in [1.29, 1.82) is 0 Å². The van der Waals surface area contributed by atoms with Gasteiger partial charge in [0.25, 0.3) is 5.91 Å². The van der Waals surface area contributed by atoms with Gasteiger partial charge in [0.05, 0.1) is 0 Å². The standard InChI is InChI=1S/C27H27BrCl2N2O3/c1-2-14-31-27(34)25(15-19-6-4-3-5-7-19)32(17-20-8-11-22(29)16-24(20)30)26(33)18-35-23-12-9-21(28)10-13-23/h3-13,16,25H,2,14-15,17-18H2,1H3,(H,31,34)/t25-/m1/s1. The Bertz CT molecular complexity index is 1130.